The van der Waals surface area contributed by atoms with E-state index in [2.05, 4.69) is 5.16 Å². The number of carbonyl (C=O) groups is 3. The second-order valence-electron chi connectivity index (χ2n) is 4.83. The topological polar surface area (TPSA) is 119 Å². The maximum absolute atomic E-state index is 14.9. The van der Waals surface area contributed by atoms with Crippen molar-refractivity contribution in [3.8, 4) is 0 Å². The van der Waals surface area contributed by atoms with Crippen molar-refractivity contribution in [2.75, 3.05) is 0 Å². The van der Waals surface area contributed by atoms with E-state index < -0.39 is 35.9 Å². The predicted molar refractivity (Wildman–Crippen MR) is 72.9 cm³/mol. The molecule has 10 heteroatoms. The molecule has 0 aromatic carbocycles. The van der Waals surface area contributed by atoms with Crippen LogP contribution in [0.2, 0.25) is 0 Å². The summed E-state index contributed by atoms with van der Waals surface area (Å²) in [4.78, 5) is 39.7. The molecule has 2 unspecified atom stereocenters. The highest BCUT2D eigenvalue weighted by Crippen LogP contribution is 2.24. The lowest BCUT2D eigenvalue weighted by atomic mass is 10.0. The van der Waals surface area contributed by atoms with Gasteiger partial charge in [0.2, 0.25) is 0 Å². The molecule has 1 aliphatic heterocycles. The number of halogens is 1. The maximum atomic E-state index is 14.9. The summed E-state index contributed by atoms with van der Waals surface area (Å²) in [6, 6.07) is 2.09. The van der Waals surface area contributed by atoms with Crippen LogP contribution < -0.4 is 10.6 Å². The van der Waals surface area contributed by atoms with Crippen molar-refractivity contribution in [1.82, 2.24) is 10.6 Å². The number of oxime groups is 1. The second-order valence-corrected chi connectivity index (χ2v) is 4.83. The molecule has 1 aromatic rings. The molecular weight excluding hydrogens is 313 g/mol. The van der Waals surface area contributed by atoms with E-state index in [-0.39, 0.29) is 5.76 Å². The number of nitrogens with one attached hydrogen (secondary N) is 2. The Labute approximate surface area is 129 Å². The Morgan fingerprint density at radius 1 is 1.52 bits per heavy atom. The zero-order valence-electron chi connectivity index (χ0n) is 12.2. The molecule has 1 aromatic heterocycles. The Morgan fingerprint density at radius 3 is 2.87 bits per heavy atom. The highest BCUT2D eigenvalue weighted by Gasteiger charge is 2.61. The van der Waals surface area contributed by atoms with Crippen LogP contribution in [0.1, 0.15) is 19.6 Å². The summed E-state index contributed by atoms with van der Waals surface area (Å²) >= 11 is 0. The molecule has 2 N–H and O–H groups in total. The molecule has 0 radical (unpaired) electrons. The molecule has 0 aliphatic carbocycles. The molecule has 0 spiro atoms. The van der Waals surface area contributed by atoms with Gasteiger partial charge in [-0.3, -0.25) is 15.4 Å². The number of rotatable bonds is 5. The largest absolute Gasteiger partial charge is 0.463 e. The molecule has 2 atom stereocenters. The first-order valence-corrected chi connectivity index (χ1v) is 6.58. The molecule has 2 rings (SSSR count). The summed E-state index contributed by atoms with van der Waals surface area (Å²) in [5.74, 6) is -2.71. The Bertz CT molecular complexity index is 630. The Balaban J connectivity index is 2.19. The SMILES string of the molecule is CC(C)OC(=O)C1(F)C(=O)NC(=O)NC1O/N=C\c1ccco1. The minimum Gasteiger partial charge on any atom is -0.463 e. The van der Waals surface area contributed by atoms with Crippen LogP contribution in [0.25, 0.3) is 0 Å². The molecule has 1 aliphatic rings. The molecule has 2 heterocycles. The van der Waals surface area contributed by atoms with Gasteiger partial charge in [-0.2, -0.15) is 0 Å². The van der Waals surface area contributed by atoms with E-state index in [1.54, 1.807) is 11.4 Å². The highest BCUT2D eigenvalue weighted by molar-refractivity contribution is 6.14. The zero-order chi connectivity index (χ0) is 17.0. The average molecular weight is 327 g/mol. The van der Waals surface area contributed by atoms with Gasteiger partial charge < -0.3 is 14.0 Å². The van der Waals surface area contributed by atoms with E-state index in [1.165, 1.54) is 26.2 Å². The van der Waals surface area contributed by atoms with Crippen LogP contribution in [0.15, 0.2) is 28.0 Å². The van der Waals surface area contributed by atoms with Crippen LogP contribution >= 0.6 is 0 Å². The van der Waals surface area contributed by atoms with Crippen LogP contribution in [0.4, 0.5) is 9.18 Å². The van der Waals surface area contributed by atoms with Gasteiger partial charge in [-0.25, -0.2) is 14.0 Å². The molecule has 9 nitrogen and oxygen atoms in total. The van der Waals surface area contributed by atoms with Gasteiger partial charge in [-0.05, 0) is 26.0 Å². The Kier molecular flexibility index (Phi) is 4.63. The number of amides is 3. The lowest BCUT2D eigenvalue weighted by molar-refractivity contribution is -0.182. The number of alkyl halides is 1. The number of ether oxygens (including phenoxy) is 1. The number of hydrogen-bond acceptors (Lipinski definition) is 7. The van der Waals surface area contributed by atoms with Crippen LogP contribution in [-0.4, -0.2) is 42.1 Å². The number of nitrogens with zero attached hydrogens (tertiary/aromatic N) is 1. The molecule has 124 valence electrons. The Morgan fingerprint density at radius 2 is 2.26 bits per heavy atom. The van der Waals surface area contributed by atoms with E-state index in [9.17, 15) is 18.8 Å². The lowest BCUT2D eigenvalue weighted by Crippen LogP contribution is -2.70. The van der Waals surface area contributed by atoms with Gasteiger partial charge in [0, 0.05) is 0 Å². The molecule has 0 bridgehead atoms. The molecule has 1 saturated heterocycles. The van der Waals surface area contributed by atoms with E-state index >= 15 is 0 Å². The summed E-state index contributed by atoms with van der Waals surface area (Å²) in [6.07, 6.45) is -0.210. The Hall–Kier alpha value is -2.91. The van der Waals surface area contributed by atoms with Crippen molar-refractivity contribution in [1.29, 1.82) is 0 Å². The van der Waals surface area contributed by atoms with E-state index in [0.717, 1.165) is 6.21 Å². The summed E-state index contributed by atoms with van der Waals surface area (Å²) in [5, 5.41) is 7.00. The number of imide groups is 1. The van der Waals surface area contributed by atoms with Crippen molar-refractivity contribution in [2.24, 2.45) is 5.16 Å². The number of carbonyl (C=O) groups excluding carboxylic acids is 3. The number of esters is 1. The third-order valence-electron chi connectivity index (χ3n) is 2.71. The monoisotopic (exact) mass is 327 g/mol. The van der Waals surface area contributed by atoms with Gasteiger partial charge in [0.05, 0.1) is 12.4 Å². The molecule has 1 fully saturated rings. The first-order valence-electron chi connectivity index (χ1n) is 6.58. The van der Waals surface area contributed by atoms with Gasteiger partial charge in [0.1, 0.15) is 12.0 Å². The fourth-order valence-electron chi connectivity index (χ4n) is 1.67. The fraction of sp³-hybridized carbons (Fsp3) is 0.385. The van der Waals surface area contributed by atoms with E-state index in [1.807, 2.05) is 5.32 Å². The van der Waals surface area contributed by atoms with Gasteiger partial charge in [-0.1, -0.05) is 5.16 Å². The van der Waals surface area contributed by atoms with Crippen LogP contribution in [-0.2, 0) is 19.2 Å². The molecule has 0 saturated carbocycles. The van der Waals surface area contributed by atoms with Crippen molar-refractivity contribution in [2.45, 2.75) is 31.8 Å². The summed E-state index contributed by atoms with van der Waals surface area (Å²) in [6.45, 7) is 2.96. The first kappa shape index (κ1) is 16.5. The van der Waals surface area contributed by atoms with Gasteiger partial charge in [-0.15, -0.1) is 0 Å². The third-order valence-corrected chi connectivity index (χ3v) is 2.71. The third kappa shape index (κ3) is 3.47. The second kappa shape index (κ2) is 6.46. The average Bonchev–Trinajstić information content (AvgIpc) is 2.96. The van der Waals surface area contributed by atoms with Crippen molar-refractivity contribution >= 4 is 24.1 Å². The number of furan rings is 1. The van der Waals surface area contributed by atoms with Crippen molar-refractivity contribution in [3.05, 3.63) is 24.2 Å². The minimum absolute atomic E-state index is 0.283. The quantitative estimate of drug-likeness (QED) is 0.351. The van der Waals surface area contributed by atoms with Gasteiger partial charge >= 0.3 is 17.7 Å². The van der Waals surface area contributed by atoms with Crippen LogP contribution in [0.5, 0.6) is 0 Å². The molecule has 23 heavy (non-hydrogen) atoms. The fourth-order valence-corrected chi connectivity index (χ4v) is 1.67. The standard InChI is InChI=1S/C13H14FN3O6/c1-7(2)22-11(19)13(14)9(18)16-12(20)17-10(13)23-15-6-8-4-3-5-21-8/h3-7,10H,1-2H3,(H2,16,17,18,20)/b15-6-. The minimum atomic E-state index is -3.28. The molecular formula is C13H14FN3O6. The smallest absolute Gasteiger partial charge is 0.360 e. The first-order chi connectivity index (χ1) is 10.8. The molecule has 3 amide bonds. The van der Waals surface area contributed by atoms with E-state index in [4.69, 9.17) is 14.0 Å². The van der Waals surface area contributed by atoms with Gasteiger partial charge in [0.15, 0.2) is 0 Å². The highest BCUT2D eigenvalue weighted by atomic mass is 19.1. The summed E-state index contributed by atoms with van der Waals surface area (Å²) in [7, 11) is 0. The van der Waals surface area contributed by atoms with Crippen molar-refractivity contribution in [3.63, 3.8) is 0 Å². The lowest BCUT2D eigenvalue weighted by Gasteiger charge is -2.32. The summed E-state index contributed by atoms with van der Waals surface area (Å²) < 4.78 is 24.5. The van der Waals surface area contributed by atoms with Crippen molar-refractivity contribution < 1.29 is 32.8 Å². The zero-order valence-corrected chi connectivity index (χ0v) is 12.2. The van der Waals surface area contributed by atoms with Crippen LogP contribution in [0.3, 0.4) is 0 Å². The predicted octanol–water partition coefficient (Wildman–Crippen LogP) is 0.455. The normalized spacial score (nSPS) is 24.4. The number of hydrogen-bond donors (Lipinski definition) is 2. The van der Waals surface area contributed by atoms with Crippen LogP contribution in [0, 0.1) is 0 Å². The maximum Gasteiger partial charge on any atom is 0.360 e. The van der Waals surface area contributed by atoms with Gasteiger partial charge in [0.25, 0.3) is 12.1 Å². The number of urea groups is 1. The summed E-state index contributed by atoms with van der Waals surface area (Å²) in [5.41, 5.74) is -3.28. The van der Waals surface area contributed by atoms with E-state index in [0.29, 0.717) is 0 Å².